The molecule has 2 aromatic rings. The van der Waals surface area contributed by atoms with Gasteiger partial charge in [-0.25, -0.2) is 0 Å². The van der Waals surface area contributed by atoms with E-state index in [4.69, 9.17) is 10.5 Å². The van der Waals surface area contributed by atoms with Crippen molar-refractivity contribution in [2.45, 2.75) is 13.3 Å². The number of benzene rings is 2. The van der Waals surface area contributed by atoms with Crippen LogP contribution in [-0.4, -0.2) is 19.1 Å². The first-order valence-electron chi connectivity index (χ1n) is 7.13. The van der Waals surface area contributed by atoms with Crippen LogP contribution in [-0.2, 0) is 6.42 Å². The van der Waals surface area contributed by atoms with Crippen molar-refractivity contribution >= 4 is 17.3 Å². The van der Waals surface area contributed by atoms with E-state index in [1.165, 1.54) is 0 Å². The lowest BCUT2D eigenvalue weighted by Crippen LogP contribution is -2.29. The van der Waals surface area contributed by atoms with Crippen molar-refractivity contribution in [3.63, 3.8) is 0 Å². The zero-order valence-corrected chi connectivity index (χ0v) is 12.0. The van der Waals surface area contributed by atoms with Gasteiger partial charge < -0.3 is 15.4 Å². The number of nitrogens with zero attached hydrogens (tertiary/aromatic N) is 1. The van der Waals surface area contributed by atoms with Crippen LogP contribution in [0.2, 0.25) is 0 Å². The Kier molecular flexibility index (Phi) is 3.52. The Hall–Kier alpha value is -2.49. The molecule has 0 aromatic heterocycles. The number of para-hydroxylation sites is 1. The molecule has 0 saturated carbocycles. The fourth-order valence-corrected chi connectivity index (χ4v) is 2.68. The third-order valence-electron chi connectivity index (χ3n) is 3.67. The molecule has 4 nitrogen and oxygen atoms in total. The molecule has 108 valence electrons. The summed E-state index contributed by atoms with van der Waals surface area (Å²) in [6.07, 6.45) is 0.859. The molecule has 21 heavy (non-hydrogen) atoms. The average Bonchev–Trinajstić information content (AvgIpc) is 2.90. The molecule has 0 radical (unpaired) electrons. The molecule has 0 atom stereocenters. The Bertz CT molecular complexity index is 682. The molecule has 0 saturated heterocycles. The molecule has 3 rings (SSSR count). The van der Waals surface area contributed by atoms with Crippen molar-refractivity contribution < 1.29 is 9.53 Å². The summed E-state index contributed by atoms with van der Waals surface area (Å²) in [6, 6.07) is 13.1. The highest BCUT2D eigenvalue weighted by atomic mass is 16.5. The number of rotatable bonds is 3. The van der Waals surface area contributed by atoms with Crippen LogP contribution in [0.15, 0.2) is 42.5 Å². The van der Waals surface area contributed by atoms with E-state index in [2.05, 4.69) is 0 Å². The van der Waals surface area contributed by atoms with Crippen LogP contribution in [0.3, 0.4) is 0 Å². The molecule has 0 unspecified atom stereocenters. The van der Waals surface area contributed by atoms with E-state index in [1.807, 2.05) is 43.3 Å². The van der Waals surface area contributed by atoms with E-state index in [0.29, 0.717) is 30.2 Å². The summed E-state index contributed by atoms with van der Waals surface area (Å²) < 4.78 is 5.56. The summed E-state index contributed by atoms with van der Waals surface area (Å²) in [5.74, 6) is 0.589. The first kappa shape index (κ1) is 13.5. The van der Waals surface area contributed by atoms with Gasteiger partial charge in [0, 0.05) is 17.9 Å². The average molecular weight is 282 g/mol. The van der Waals surface area contributed by atoms with Crippen LogP contribution in [0.1, 0.15) is 22.8 Å². The zero-order chi connectivity index (χ0) is 14.8. The van der Waals surface area contributed by atoms with E-state index < -0.39 is 0 Å². The second-order valence-corrected chi connectivity index (χ2v) is 5.02. The van der Waals surface area contributed by atoms with Gasteiger partial charge in [0.1, 0.15) is 5.75 Å². The summed E-state index contributed by atoms with van der Waals surface area (Å²) >= 11 is 0. The molecule has 1 amide bonds. The van der Waals surface area contributed by atoms with Gasteiger partial charge in [0.25, 0.3) is 5.91 Å². The van der Waals surface area contributed by atoms with Gasteiger partial charge in [-0.15, -0.1) is 0 Å². The monoisotopic (exact) mass is 282 g/mol. The summed E-state index contributed by atoms with van der Waals surface area (Å²) in [5, 5.41) is 0. The highest BCUT2D eigenvalue weighted by molar-refractivity contribution is 6.09. The van der Waals surface area contributed by atoms with Crippen molar-refractivity contribution in [1.29, 1.82) is 0 Å². The molecular formula is C17H18N2O2. The first-order chi connectivity index (χ1) is 10.2. The number of nitrogen functional groups attached to an aromatic ring is 1. The third kappa shape index (κ3) is 2.44. The van der Waals surface area contributed by atoms with Crippen molar-refractivity contribution in [1.82, 2.24) is 0 Å². The number of carbonyl (C=O) groups is 1. The van der Waals surface area contributed by atoms with Gasteiger partial charge >= 0.3 is 0 Å². The van der Waals surface area contributed by atoms with Crippen molar-refractivity contribution in [2.75, 3.05) is 23.8 Å². The Labute approximate surface area is 124 Å². The van der Waals surface area contributed by atoms with E-state index in [1.54, 1.807) is 11.0 Å². The van der Waals surface area contributed by atoms with Crippen LogP contribution >= 0.6 is 0 Å². The second kappa shape index (κ2) is 5.48. The maximum absolute atomic E-state index is 12.8. The topological polar surface area (TPSA) is 55.6 Å². The minimum Gasteiger partial charge on any atom is -0.493 e. The predicted molar refractivity (Wildman–Crippen MR) is 83.8 cm³/mol. The molecule has 2 aromatic carbocycles. The fourth-order valence-electron chi connectivity index (χ4n) is 2.68. The molecule has 1 aliphatic heterocycles. The van der Waals surface area contributed by atoms with Gasteiger partial charge in [0.15, 0.2) is 0 Å². The number of fused-ring (bicyclic) bond motifs is 1. The molecule has 2 N–H and O–H groups in total. The normalized spacial score (nSPS) is 13.1. The second-order valence-electron chi connectivity index (χ2n) is 5.02. The Morgan fingerprint density at radius 1 is 1.29 bits per heavy atom. The first-order valence-corrected chi connectivity index (χ1v) is 7.13. The lowest BCUT2D eigenvalue weighted by molar-refractivity contribution is 0.0985. The number of hydrogen-bond acceptors (Lipinski definition) is 3. The lowest BCUT2D eigenvalue weighted by Gasteiger charge is -2.19. The van der Waals surface area contributed by atoms with Crippen LogP contribution in [0.4, 0.5) is 11.4 Å². The third-order valence-corrected chi connectivity index (χ3v) is 3.67. The molecule has 0 spiro atoms. The number of carbonyl (C=O) groups excluding carboxylic acids is 1. The minimum atomic E-state index is -0.0385. The SMILES string of the molecule is CCOc1ccccc1C(=O)N1CCc2ccc(N)cc21. The van der Waals surface area contributed by atoms with E-state index in [9.17, 15) is 4.79 Å². The Morgan fingerprint density at radius 2 is 2.10 bits per heavy atom. The van der Waals surface area contributed by atoms with Gasteiger partial charge in [0.05, 0.1) is 12.2 Å². The number of ether oxygens (including phenoxy) is 1. The highest BCUT2D eigenvalue weighted by Crippen LogP contribution is 2.32. The molecule has 0 bridgehead atoms. The summed E-state index contributed by atoms with van der Waals surface area (Å²) in [6.45, 7) is 3.12. The molecule has 0 aliphatic carbocycles. The van der Waals surface area contributed by atoms with Gasteiger partial charge in [-0.1, -0.05) is 18.2 Å². The van der Waals surface area contributed by atoms with Crippen molar-refractivity contribution in [3.8, 4) is 5.75 Å². The van der Waals surface area contributed by atoms with E-state index >= 15 is 0 Å². The van der Waals surface area contributed by atoms with E-state index in [-0.39, 0.29) is 5.91 Å². The maximum Gasteiger partial charge on any atom is 0.262 e. The van der Waals surface area contributed by atoms with Crippen molar-refractivity contribution in [3.05, 3.63) is 53.6 Å². The number of anilines is 2. The van der Waals surface area contributed by atoms with Crippen LogP contribution in [0.5, 0.6) is 5.75 Å². The fraction of sp³-hybridized carbons (Fsp3) is 0.235. The molecule has 1 aliphatic rings. The molecule has 1 heterocycles. The quantitative estimate of drug-likeness (QED) is 0.881. The van der Waals surface area contributed by atoms with Gasteiger partial charge in [0.2, 0.25) is 0 Å². The van der Waals surface area contributed by atoms with Crippen LogP contribution in [0, 0.1) is 0 Å². The molecular weight excluding hydrogens is 264 g/mol. The summed E-state index contributed by atoms with van der Waals surface area (Å²) in [5.41, 5.74) is 9.18. The number of nitrogens with two attached hydrogens (primary N) is 1. The predicted octanol–water partition coefficient (Wildman–Crippen LogP) is 2.87. The Balaban J connectivity index is 1.96. The standard InChI is InChI=1S/C17H18N2O2/c1-2-21-16-6-4-3-5-14(16)17(20)19-10-9-12-7-8-13(18)11-15(12)19/h3-8,11H,2,9-10,18H2,1H3. The largest absolute Gasteiger partial charge is 0.493 e. The van der Waals surface area contributed by atoms with Gasteiger partial charge in [-0.05, 0) is 43.2 Å². The van der Waals surface area contributed by atoms with E-state index in [0.717, 1.165) is 17.7 Å². The maximum atomic E-state index is 12.8. The summed E-state index contributed by atoms with van der Waals surface area (Å²) in [4.78, 5) is 14.6. The molecule has 0 fully saturated rings. The van der Waals surface area contributed by atoms with Crippen LogP contribution < -0.4 is 15.4 Å². The van der Waals surface area contributed by atoms with Gasteiger partial charge in [-0.3, -0.25) is 4.79 Å². The smallest absolute Gasteiger partial charge is 0.262 e. The number of amides is 1. The number of hydrogen-bond donors (Lipinski definition) is 1. The van der Waals surface area contributed by atoms with Crippen molar-refractivity contribution in [2.24, 2.45) is 0 Å². The van der Waals surface area contributed by atoms with Gasteiger partial charge in [-0.2, -0.15) is 0 Å². The van der Waals surface area contributed by atoms with Crippen LogP contribution in [0.25, 0.3) is 0 Å². The Morgan fingerprint density at radius 3 is 2.90 bits per heavy atom. The highest BCUT2D eigenvalue weighted by Gasteiger charge is 2.27. The zero-order valence-electron chi connectivity index (χ0n) is 12.0. The summed E-state index contributed by atoms with van der Waals surface area (Å²) in [7, 11) is 0. The minimum absolute atomic E-state index is 0.0385. The molecule has 4 heteroatoms. The lowest BCUT2D eigenvalue weighted by atomic mass is 10.1.